The van der Waals surface area contributed by atoms with Gasteiger partial charge in [-0.05, 0) is 35.9 Å². The van der Waals surface area contributed by atoms with Crippen LogP contribution in [0.15, 0.2) is 60.7 Å². The maximum atomic E-state index is 12.5. The molecule has 9 nitrogen and oxygen atoms in total. The highest BCUT2D eigenvalue weighted by atomic mass is 32.1. The van der Waals surface area contributed by atoms with Gasteiger partial charge in [-0.2, -0.15) is 0 Å². The van der Waals surface area contributed by atoms with E-state index < -0.39 is 0 Å². The van der Waals surface area contributed by atoms with Gasteiger partial charge >= 0.3 is 5.78 Å². The Morgan fingerprint density at radius 2 is 1.63 bits per heavy atom. The van der Waals surface area contributed by atoms with Gasteiger partial charge in [0.1, 0.15) is 0 Å². The molecule has 0 saturated carbocycles. The van der Waals surface area contributed by atoms with Crippen LogP contribution in [0.5, 0.6) is 28.7 Å². The van der Waals surface area contributed by atoms with Gasteiger partial charge in [-0.3, -0.25) is 14.9 Å². The number of carbonyl (C=O) groups excluding carboxylic acids is 2. The molecular formula is C28H27N2O7S+. The first-order valence-corrected chi connectivity index (χ1v) is 12.3. The van der Waals surface area contributed by atoms with Crippen molar-refractivity contribution in [1.82, 2.24) is 4.98 Å². The molecule has 4 aromatic rings. The van der Waals surface area contributed by atoms with Crippen LogP contribution in [-0.4, -0.2) is 56.5 Å². The summed E-state index contributed by atoms with van der Waals surface area (Å²) in [5.41, 5.74) is 2.01. The average molecular weight is 536 g/mol. The first kappa shape index (κ1) is 26.5. The number of aromatic nitrogens is 1. The van der Waals surface area contributed by atoms with Crippen LogP contribution in [-0.2, 0) is 4.79 Å². The highest BCUT2D eigenvalue weighted by molar-refractivity contribution is 7.22. The van der Waals surface area contributed by atoms with Crippen molar-refractivity contribution in [2.75, 3.05) is 40.4 Å². The summed E-state index contributed by atoms with van der Waals surface area (Å²) in [5, 5.41) is 3.26. The monoisotopic (exact) mass is 535 g/mol. The van der Waals surface area contributed by atoms with E-state index in [0.717, 1.165) is 10.2 Å². The van der Waals surface area contributed by atoms with Crippen molar-refractivity contribution in [3.63, 3.8) is 0 Å². The second kappa shape index (κ2) is 12.1. The Balaban J connectivity index is 1.45. The quantitative estimate of drug-likeness (QED) is 0.164. The zero-order valence-corrected chi connectivity index (χ0v) is 22.1. The van der Waals surface area contributed by atoms with Crippen LogP contribution in [0.25, 0.3) is 16.3 Å². The molecule has 0 aliphatic heterocycles. The predicted molar refractivity (Wildman–Crippen MR) is 148 cm³/mol. The van der Waals surface area contributed by atoms with E-state index >= 15 is 0 Å². The molecule has 0 atom stereocenters. The first-order valence-electron chi connectivity index (χ1n) is 11.5. The smallest absolute Gasteiger partial charge is 0.347 e. The fourth-order valence-electron chi connectivity index (χ4n) is 3.63. The van der Waals surface area contributed by atoms with Gasteiger partial charge in [0.2, 0.25) is 5.75 Å². The fraction of sp³-hybridized carbons (Fsp3) is 0.179. The van der Waals surface area contributed by atoms with Gasteiger partial charge in [-0.25, -0.2) is 4.98 Å². The Labute approximate surface area is 223 Å². The fourth-order valence-corrected chi connectivity index (χ4v) is 4.52. The molecule has 0 bridgehead atoms. The molecule has 0 saturated heterocycles. The number of methoxy groups -OCH3 is 4. The van der Waals surface area contributed by atoms with Gasteiger partial charge in [0.15, 0.2) is 34.7 Å². The number of hydrogen-bond acceptors (Lipinski definition) is 8. The normalized spacial score (nSPS) is 10.8. The van der Waals surface area contributed by atoms with E-state index in [4.69, 9.17) is 23.7 Å². The van der Waals surface area contributed by atoms with E-state index in [9.17, 15) is 9.59 Å². The van der Waals surface area contributed by atoms with Crippen LogP contribution in [0.1, 0.15) is 11.1 Å². The van der Waals surface area contributed by atoms with Crippen molar-refractivity contribution in [1.29, 1.82) is 0 Å². The molecule has 0 aliphatic rings. The number of ether oxygens (including phenoxy) is 5. The summed E-state index contributed by atoms with van der Waals surface area (Å²) in [6.45, 7) is -0.234. The number of thiazole rings is 1. The van der Waals surface area contributed by atoms with Gasteiger partial charge in [0.25, 0.3) is 5.91 Å². The first-order chi connectivity index (χ1) is 18.4. The van der Waals surface area contributed by atoms with Crippen LogP contribution >= 0.6 is 11.3 Å². The van der Waals surface area contributed by atoms with Crippen LogP contribution < -0.4 is 29.0 Å². The minimum Gasteiger partial charge on any atom is -0.493 e. The summed E-state index contributed by atoms with van der Waals surface area (Å²) in [6.07, 6.45) is 3.23. The third-order valence-corrected chi connectivity index (χ3v) is 6.43. The lowest BCUT2D eigenvalue weighted by Gasteiger charge is -2.12. The Morgan fingerprint density at radius 1 is 0.921 bits per heavy atom. The molecule has 1 heterocycles. The second-order valence-corrected chi connectivity index (χ2v) is 8.90. The van der Waals surface area contributed by atoms with Gasteiger partial charge in [-0.1, -0.05) is 29.5 Å². The lowest BCUT2D eigenvalue weighted by molar-refractivity contribution is -0.118. The van der Waals surface area contributed by atoms with E-state index in [1.807, 2.05) is 24.3 Å². The number of fused-ring (bicyclic) bond motifs is 1. The Bertz CT molecular complexity index is 1440. The van der Waals surface area contributed by atoms with Gasteiger partial charge < -0.3 is 23.7 Å². The molecule has 1 aromatic heterocycles. The Morgan fingerprint density at radius 3 is 2.29 bits per heavy atom. The summed E-state index contributed by atoms with van der Waals surface area (Å²) >= 11 is 1.39. The molecule has 3 aromatic carbocycles. The molecule has 0 radical (unpaired) electrons. The molecular weight excluding hydrogens is 508 g/mol. The second-order valence-electron chi connectivity index (χ2n) is 7.87. The van der Waals surface area contributed by atoms with Gasteiger partial charge in [-0.15, -0.1) is 0 Å². The molecule has 0 spiro atoms. The molecule has 4 rings (SSSR count). The highest BCUT2D eigenvalue weighted by Gasteiger charge is 2.19. The van der Waals surface area contributed by atoms with Crippen molar-refractivity contribution in [2.45, 2.75) is 0 Å². The highest BCUT2D eigenvalue weighted by Crippen LogP contribution is 2.38. The number of anilines is 1. The molecule has 1 amide bonds. The maximum Gasteiger partial charge on any atom is 0.347 e. The van der Waals surface area contributed by atoms with E-state index in [-0.39, 0.29) is 18.3 Å². The number of hydrogen-bond donors (Lipinski definition) is 1. The average Bonchev–Trinajstić information content (AvgIpc) is 3.36. The van der Waals surface area contributed by atoms with E-state index in [2.05, 4.69) is 10.3 Å². The number of rotatable bonds is 11. The van der Waals surface area contributed by atoms with Crippen LogP contribution in [0, 0.1) is 0 Å². The predicted octanol–water partition coefficient (Wildman–Crippen LogP) is 4.95. The molecule has 0 fully saturated rings. The van der Waals surface area contributed by atoms with Crippen molar-refractivity contribution in [2.24, 2.45) is 0 Å². The van der Waals surface area contributed by atoms with Crippen LogP contribution in [0.2, 0.25) is 0 Å². The minimum absolute atomic E-state index is 0.0160. The molecule has 0 unspecified atom stereocenters. The number of carbonyl (C=O) groups is 1. The van der Waals surface area contributed by atoms with Crippen molar-refractivity contribution in [3.05, 3.63) is 71.8 Å². The van der Waals surface area contributed by atoms with Crippen molar-refractivity contribution >= 4 is 44.5 Å². The maximum absolute atomic E-state index is 12.5. The van der Waals surface area contributed by atoms with Gasteiger partial charge in [0, 0.05) is 18.2 Å². The Kier molecular flexibility index (Phi) is 8.44. The largest absolute Gasteiger partial charge is 0.493 e. The number of amides is 1. The number of benzene rings is 3. The minimum atomic E-state index is -0.347. The van der Waals surface area contributed by atoms with E-state index in [0.29, 0.717) is 45.0 Å². The zero-order valence-electron chi connectivity index (χ0n) is 21.3. The third kappa shape index (κ3) is 6.04. The van der Waals surface area contributed by atoms with Crippen LogP contribution in [0.3, 0.4) is 0 Å². The van der Waals surface area contributed by atoms with Gasteiger partial charge in [0.05, 0.1) is 44.2 Å². The lowest BCUT2D eigenvalue weighted by Crippen LogP contribution is -2.20. The Hall–Kier alpha value is -4.57. The topological polar surface area (TPSA) is 110 Å². The number of allylic oxidation sites excluding steroid dienone is 1. The van der Waals surface area contributed by atoms with Crippen molar-refractivity contribution in [3.8, 4) is 28.7 Å². The SMILES string of the molecule is COc1ccc(/C=C/C(=[OH+])c2cc(OC)c(OC)c(OC)c2)cc1OCC(=O)Nc1nc2ccccc2s1. The third-order valence-electron chi connectivity index (χ3n) is 5.48. The molecule has 196 valence electrons. The standard InChI is InChI=1S/C28H26N2O7S/c1-33-21-12-10-17(9-11-20(31)18-14-23(34-2)27(36-4)24(15-18)35-3)13-22(21)37-16-26(32)30-28-29-19-7-5-6-8-25(19)38-28/h5-15H,16H2,1-4H3,(H,29,30,32)/p+1/b11-9+. The lowest BCUT2D eigenvalue weighted by atomic mass is 10.1. The molecule has 10 heteroatoms. The number of ketones is 1. The molecule has 38 heavy (non-hydrogen) atoms. The molecule has 0 aliphatic carbocycles. The van der Waals surface area contributed by atoms with E-state index in [1.54, 1.807) is 36.4 Å². The summed E-state index contributed by atoms with van der Waals surface area (Å²) < 4.78 is 28.1. The van der Waals surface area contributed by atoms with E-state index in [1.165, 1.54) is 45.9 Å². The zero-order chi connectivity index (χ0) is 27.1. The summed E-state index contributed by atoms with van der Waals surface area (Å²) in [7, 11) is 6.04. The summed E-state index contributed by atoms with van der Waals surface area (Å²) in [5.74, 6) is 1.75. The summed E-state index contributed by atoms with van der Waals surface area (Å²) in [6, 6.07) is 16.2. The molecule has 2 N–H and O–H groups in total. The number of nitrogens with zero attached hydrogens (tertiary/aromatic N) is 1. The van der Waals surface area contributed by atoms with Crippen LogP contribution in [0.4, 0.5) is 5.13 Å². The summed E-state index contributed by atoms with van der Waals surface area (Å²) in [4.78, 5) is 27.6. The number of para-hydroxylation sites is 1. The number of nitrogens with one attached hydrogen (secondary N) is 1. The van der Waals surface area contributed by atoms with Crippen molar-refractivity contribution < 1.29 is 33.3 Å².